The van der Waals surface area contributed by atoms with Crippen LogP contribution in [0.2, 0.25) is 0 Å². The van der Waals surface area contributed by atoms with E-state index >= 15 is 0 Å². The monoisotopic (exact) mass is 317 g/mol. The molecule has 5 nitrogen and oxygen atoms in total. The van der Waals surface area contributed by atoms with Crippen molar-refractivity contribution in [1.29, 1.82) is 0 Å². The highest BCUT2D eigenvalue weighted by atomic mass is 16.4. The molecule has 3 rings (SSSR count). The van der Waals surface area contributed by atoms with Crippen LogP contribution in [0.3, 0.4) is 0 Å². The maximum Gasteiger partial charge on any atom is 0.407 e. The zero-order valence-corrected chi connectivity index (χ0v) is 13.9. The Morgan fingerprint density at radius 2 is 1.74 bits per heavy atom. The third kappa shape index (κ3) is 3.67. The van der Waals surface area contributed by atoms with Crippen LogP contribution in [-0.4, -0.2) is 71.2 Å². The Morgan fingerprint density at radius 3 is 2.26 bits per heavy atom. The second-order valence-corrected chi connectivity index (χ2v) is 6.96. The molecule has 0 spiro atoms. The van der Waals surface area contributed by atoms with Crippen molar-refractivity contribution in [1.82, 2.24) is 14.7 Å². The molecule has 0 unspecified atom stereocenters. The molecule has 0 aromatic heterocycles. The van der Waals surface area contributed by atoms with Gasteiger partial charge in [-0.1, -0.05) is 30.3 Å². The van der Waals surface area contributed by atoms with Crippen LogP contribution in [0.1, 0.15) is 24.8 Å². The van der Waals surface area contributed by atoms with Gasteiger partial charge in [-0.3, -0.25) is 9.80 Å². The first-order chi connectivity index (χ1) is 11.1. The summed E-state index contributed by atoms with van der Waals surface area (Å²) in [5.41, 5.74) is 1.22. The molecule has 5 heteroatoms. The maximum absolute atomic E-state index is 11.3. The smallest absolute Gasteiger partial charge is 0.407 e. The molecule has 2 aliphatic rings. The first-order valence-corrected chi connectivity index (χ1v) is 8.54. The number of carbonyl (C=O) groups is 1. The normalized spacial score (nSPS) is 21.6. The Kier molecular flexibility index (Phi) is 4.87. The molecular formula is C18H27N3O2. The fourth-order valence-electron chi connectivity index (χ4n) is 3.75. The predicted octanol–water partition coefficient (Wildman–Crippen LogP) is 2.34. The Bertz CT molecular complexity index is 522. The zero-order valence-electron chi connectivity index (χ0n) is 13.9. The minimum Gasteiger partial charge on any atom is -0.465 e. The SMILES string of the molecule is CN(C(=O)O)C1(CN2CCN(Cc3ccccc3)CC2)CCC1. The first-order valence-electron chi connectivity index (χ1n) is 8.54. The van der Waals surface area contributed by atoms with E-state index in [1.807, 2.05) is 0 Å². The number of piperazine rings is 1. The van der Waals surface area contributed by atoms with Crippen LogP contribution in [0.5, 0.6) is 0 Å². The number of hydrogen-bond acceptors (Lipinski definition) is 3. The summed E-state index contributed by atoms with van der Waals surface area (Å²) in [7, 11) is 1.73. The van der Waals surface area contributed by atoms with Crippen molar-refractivity contribution in [2.75, 3.05) is 39.8 Å². The third-order valence-electron chi connectivity index (χ3n) is 5.51. The molecule has 1 N–H and O–H groups in total. The molecule has 1 heterocycles. The van der Waals surface area contributed by atoms with Gasteiger partial charge in [-0.2, -0.15) is 0 Å². The van der Waals surface area contributed by atoms with Gasteiger partial charge < -0.3 is 10.0 Å². The van der Waals surface area contributed by atoms with Crippen LogP contribution in [-0.2, 0) is 6.54 Å². The second kappa shape index (κ2) is 6.89. The van der Waals surface area contributed by atoms with E-state index in [1.54, 1.807) is 11.9 Å². The van der Waals surface area contributed by atoms with Crippen LogP contribution in [0.4, 0.5) is 4.79 Å². The van der Waals surface area contributed by atoms with E-state index in [1.165, 1.54) is 5.56 Å². The van der Waals surface area contributed by atoms with Gasteiger partial charge in [0.1, 0.15) is 0 Å². The number of likely N-dealkylation sites (N-methyl/N-ethyl adjacent to an activating group) is 1. The largest absolute Gasteiger partial charge is 0.465 e. The lowest BCUT2D eigenvalue weighted by Gasteiger charge is -2.51. The van der Waals surface area contributed by atoms with Crippen LogP contribution in [0.15, 0.2) is 30.3 Å². The maximum atomic E-state index is 11.3. The fourth-order valence-corrected chi connectivity index (χ4v) is 3.75. The van der Waals surface area contributed by atoms with Crippen LogP contribution >= 0.6 is 0 Å². The van der Waals surface area contributed by atoms with E-state index < -0.39 is 6.09 Å². The number of rotatable bonds is 5. The molecule has 1 saturated carbocycles. The summed E-state index contributed by atoms with van der Waals surface area (Å²) in [6, 6.07) is 10.6. The summed E-state index contributed by atoms with van der Waals surface area (Å²) < 4.78 is 0. The van der Waals surface area contributed by atoms with Crippen LogP contribution < -0.4 is 0 Å². The lowest BCUT2D eigenvalue weighted by Crippen LogP contribution is -2.62. The first kappa shape index (κ1) is 16.3. The summed E-state index contributed by atoms with van der Waals surface area (Å²) in [5, 5.41) is 9.32. The van der Waals surface area contributed by atoms with Crippen molar-refractivity contribution >= 4 is 6.09 Å². The standard InChI is InChI=1S/C18H27N3O2/c1-19(17(22)23)18(8-5-9-18)15-21-12-10-20(11-13-21)14-16-6-3-2-4-7-16/h2-4,6-7H,5,8-15H2,1H3,(H,22,23). The molecule has 1 aromatic rings. The molecular weight excluding hydrogens is 290 g/mol. The minimum absolute atomic E-state index is 0.145. The Morgan fingerprint density at radius 1 is 1.13 bits per heavy atom. The van der Waals surface area contributed by atoms with Gasteiger partial charge in [0, 0.05) is 46.3 Å². The van der Waals surface area contributed by atoms with Gasteiger partial charge in [0.05, 0.1) is 5.54 Å². The van der Waals surface area contributed by atoms with Gasteiger partial charge in [0.15, 0.2) is 0 Å². The quantitative estimate of drug-likeness (QED) is 0.905. The van der Waals surface area contributed by atoms with Gasteiger partial charge >= 0.3 is 6.09 Å². The van der Waals surface area contributed by atoms with Crippen LogP contribution in [0.25, 0.3) is 0 Å². The number of nitrogens with zero attached hydrogens (tertiary/aromatic N) is 3. The molecule has 0 atom stereocenters. The molecule has 23 heavy (non-hydrogen) atoms. The van der Waals surface area contributed by atoms with E-state index in [2.05, 4.69) is 40.1 Å². The van der Waals surface area contributed by atoms with Crippen molar-refractivity contribution < 1.29 is 9.90 Å². The van der Waals surface area contributed by atoms with Crippen molar-refractivity contribution in [3.8, 4) is 0 Å². The summed E-state index contributed by atoms with van der Waals surface area (Å²) in [4.78, 5) is 17.8. The summed E-state index contributed by atoms with van der Waals surface area (Å²) in [6.07, 6.45) is 2.35. The number of hydrogen-bond donors (Lipinski definition) is 1. The average Bonchev–Trinajstić information content (AvgIpc) is 2.53. The van der Waals surface area contributed by atoms with Crippen molar-refractivity contribution in [2.24, 2.45) is 0 Å². The van der Waals surface area contributed by atoms with E-state index in [9.17, 15) is 9.90 Å². The molecule has 1 aromatic carbocycles. The lowest BCUT2D eigenvalue weighted by molar-refractivity contribution is -0.00150. The van der Waals surface area contributed by atoms with E-state index in [-0.39, 0.29) is 5.54 Å². The summed E-state index contributed by atoms with van der Waals surface area (Å²) in [5.74, 6) is 0. The Labute approximate surface area is 138 Å². The summed E-state index contributed by atoms with van der Waals surface area (Å²) in [6.45, 7) is 6.07. The highest BCUT2D eigenvalue weighted by Crippen LogP contribution is 2.38. The van der Waals surface area contributed by atoms with Gasteiger partial charge in [-0.05, 0) is 24.8 Å². The van der Waals surface area contributed by atoms with Crippen molar-refractivity contribution in [3.05, 3.63) is 35.9 Å². The topological polar surface area (TPSA) is 47.0 Å². The highest BCUT2D eigenvalue weighted by molar-refractivity contribution is 5.66. The number of carboxylic acid groups (broad SMARTS) is 1. The fraction of sp³-hybridized carbons (Fsp3) is 0.611. The van der Waals surface area contributed by atoms with Crippen LogP contribution in [0, 0.1) is 0 Å². The molecule has 0 bridgehead atoms. The molecule has 0 radical (unpaired) electrons. The van der Waals surface area contributed by atoms with Gasteiger partial charge in [0.2, 0.25) is 0 Å². The lowest BCUT2D eigenvalue weighted by atomic mass is 9.75. The molecule has 1 aliphatic carbocycles. The molecule has 1 saturated heterocycles. The van der Waals surface area contributed by atoms with E-state index in [0.717, 1.165) is 58.5 Å². The minimum atomic E-state index is -0.799. The molecule has 2 fully saturated rings. The second-order valence-electron chi connectivity index (χ2n) is 6.96. The molecule has 126 valence electrons. The van der Waals surface area contributed by atoms with Crippen molar-refractivity contribution in [2.45, 2.75) is 31.3 Å². The molecule has 1 aliphatic heterocycles. The number of amides is 1. The zero-order chi connectivity index (χ0) is 16.3. The number of benzene rings is 1. The Balaban J connectivity index is 1.50. The van der Waals surface area contributed by atoms with Gasteiger partial charge in [0.25, 0.3) is 0 Å². The third-order valence-corrected chi connectivity index (χ3v) is 5.51. The van der Waals surface area contributed by atoms with Gasteiger partial charge in [-0.25, -0.2) is 4.79 Å². The predicted molar refractivity (Wildman–Crippen MR) is 90.5 cm³/mol. The van der Waals surface area contributed by atoms with Gasteiger partial charge in [-0.15, -0.1) is 0 Å². The van der Waals surface area contributed by atoms with E-state index in [4.69, 9.17) is 0 Å². The highest BCUT2D eigenvalue weighted by Gasteiger charge is 2.44. The molecule has 1 amide bonds. The average molecular weight is 317 g/mol. The summed E-state index contributed by atoms with van der Waals surface area (Å²) >= 11 is 0. The Hall–Kier alpha value is -1.59. The van der Waals surface area contributed by atoms with E-state index in [0.29, 0.717) is 0 Å². The van der Waals surface area contributed by atoms with Crippen molar-refractivity contribution in [3.63, 3.8) is 0 Å².